The smallest absolute Gasteiger partial charge is 0.137 e. The number of Topliss-reactive ketones (excluding diaryl/α,β-unsaturated/α-hetero) is 1. The van der Waals surface area contributed by atoms with Gasteiger partial charge in [0, 0.05) is 0 Å². The van der Waals surface area contributed by atoms with E-state index in [0.717, 1.165) is 0 Å². The molecule has 0 unspecified atom stereocenters. The number of hydrogen-bond acceptors (Lipinski definition) is 4. The third-order valence-electron chi connectivity index (χ3n) is 1.13. The van der Waals surface area contributed by atoms with Gasteiger partial charge in [-0.1, -0.05) is 0 Å². The van der Waals surface area contributed by atoms with Crippen molar-refractivity contribution < 1.29 is 4.79 Å². The highest BCUT2D eigenvalue weighted by atomic mass is 16.1. The second-order valence-corrected chi connectivity index (χ2v) is 2.31. The maximum Gasteiger partial charge on any atom is 0.137 e. The van der Waals surface area contributed by atoms with Crippen molar-refractivity contribution in [2.75, 3.05) is 5.73 Å². The minimum absolute atomic E-state index is 0.0507. The fraction of sp³-hybridized carbons (Fsp3) is 0.286. The summed E-state index contributed by atoms with van der Waals surface area (Å²) in [4.78, 5) is 18.3. The van der Waals surface area contributed by atoms with E-state index in [0.29, 0.717) is 11.5 Å². The van der Waals surface area contributed by atoms with Crippen molar-refractivity contribution in [2.24, 2.45) is 0 Å². The van der Waals surface area contributed by atoms with Crippen LogP contribution in [0.15, 0.2) is 12.4 Å². The van der Waals surface area contributed by atoms with Gasteiger partial charge in [0.15, 0.2) is 0 Å². The molecule has 11 heavy (non-hydrogen) atoms. The Morgan fingerprint density at radius 3 is 2.55 bits per heavy atom. The van der Waals surface area contributed by atoms with Crippen molar-refractivity contribution in [2.45, 2.75) is 13.3 Å². The van der Waals surface area contributed by atoms with E-state index in [-0.39, 0.29) is 12.2 Å². The van der Waals surface area contributed by atoms with Crippen LogP contribution >= 0.6 is 0 Å². The average Bonchev–Trinajstić information content (AvgIpc) is 1.93. The molecule has 0 aliphatic carbocycles. The molecule has 0 bridgehead atoms. The molecule has 58 valence electrons. The van der Waals surface area contributed by atoms with Crippen molar-refractivity contribution in [1.29, 1.82) is 0 Å². The van der Waals surface area contributed by atoms with Crippen LogP contribution in [0.2, 0.25) is 0 Å². The summed E-state index contributed by atoms with van der Waals surface area (Å²) in [7, 11) is 0. The SMILES string of the molecule is CC(=O)Cc1ncc(N)cn1. The van der Waals surface area contributed by atoms with Gasteiger partial charge in [-0.25, -0.2) is 9.97 Å². The zero-order valence-corrected chi connectivity index (χ0v) is 6.24. The number of nitrogen functional groups attached to an aromatic ring is 1. The number of aromatic nitrogens is 2. The first-order chi connectivity index (χ1) is 5.18. The van der Waals surface area contributed by atoms with Crippen LogP contribution in [0.25, 0.3) is 0 Å². The molecule has 0 fully saturated rings. The van der Waals surface area contributed by atoms with Crippen LogP contribution in [-0.2, 0) is 11.2 Å². The highest BCUT2D eigenvalue weighted by Crippen LogP contribution is 1.96. The van der Waals surface area contributed by atoms with E-state index in [2.05, 4.69) is 9.97 Å². The normalized spacial score (nSPS) is 9.55. The van der Waals surface area contributed by atoms with Crippen molar-refractivity contribution in [3.63, 3.8) is 0 Å². The third-order valence-corrected chi connectivity index (χ3v) is 1.13. The lowest BCUT2D eigenvalue weighted by Crippen LogP contribution is -2.02. The summed E-state index contributed by atoms with van der Waals surface area (Å²) in [5.41, 5.74) is 5.86. The van der Waals surface area contributed by atoms with Crippen LogP contribution in [0.5, 0.6) is 0 Å². The van der Waals surface area contributed by atoms with Gasteiger partial charge in [0.1, 0.15) is 11.6 Å². The number of hydrogen-bond donors (Lipinski definition) is 1. The molecule has 4 heteroatoms. The van der Waals surface area contributed by atoms with Gasteiger partial charge in [-0.3, -0.25) is 4.79 Å². The van der Waals surface area contributed by atoms with Gasteiger partial charge in [-0.15, -0.1) is 0 Å². The highest BCUT2D eigenvalue weighted by molar-refractivity contribution is 5.77. The number of carbonyl (C=O) groups is 1. The number of ketones is 1. The van der Waals surface area contributed by atoms with Gasteiger partial charge >= 0.3 is 0 Å². The maximum absolute atomic E-state index is 10.6. The molecule has 0 aromatic carbocycles. The van der Waals surface area contributed by atoms with Crippen LogP contribution in [0, 0.1) is 0 Å². The van der Waals surface area contributed by atoms with Gasteiger partial charge in [0.2, 0.25) is 0 Å². The Balaban J connectivity index is 2.74. The molecule has 0 aliphatic rings. The van der Waals surface area contributed by atoms with E-state index in [1.807, 2.05) is 0 Å². The Hall–Kier alpha value is -1.45. The minimum Gasteiger partial charge on any atom is -0.396 e. The molecule has 0 atom stereocenters. The van der Waals surface area contributed by atoms with Crippen molar-refractivity contribution in [1.82, 2.24) is 9.97 Å². The van der Waals surface area contributed by atoms with Gasteiger partial charge in [0.05, 0.1) is 24.5 Å². The first-order valence-corrected chi connectivity index (χ1v) is 3.24. The molecular weight excluding hydrogens is 142 g/mol. The lowest BCUT2D eigenvalue weighted by atomic mass is 10.3. The second kappa shape index (κ2) is 3.09. The number of nitrogens with two attached hydrogens (primary N) is 1. The fourth-order valence-electron chi connectivity index (χ4n) is 0.679. The van der Waals surface area contributed by atoms with Crippen LogP contribution in [-0.4, -0.2) is 15.8 Å². The minimum atomic E-state index is 0.0507. The Kier molecular flexibility index (Phi) is 2.15. The first kappa shape index (κ1) is 7.65. The molecule has 1 rings (SSSR count). The molecule has 0 spiro atoms. The summed E-state index contributed by atoms with van der Waals surface area (Å²) >= 11 is 0. The summed E-state index contributed by atoms with van der Waals surface area (Å²) in [5, 5.41) is 0. The summed E-state index contributed by atoms with van der Waals surface area (Å²) in [6.45, 7) is 1.50. The van der Waals surface area contributed by atoms with Crippen molar-refractivity contribution in [3.05, 3.63) is 18.2 Å². The zero-order valence-electron chi connectivity index (χ0n) is 6.24. The Labute approximate surface area is 64.5 Å². The van der Waals surface area contributed by atoms with E-state index in [1.54, 1.807) is 0 Å². The van der Waals surface area contributed by atoms with Crippen LogP contribution < -0.4 is 5.73 Å². The molecule has 0 aliphatic heterocycles. The topological polar surface area (TPSA) is 68.9 Å². The molecule has 0 saturated carbocycles. The molecular formula is C7H9N3O. The van der Waals surface area contributed by atoms with E-state index < -0.39 is 0 Å². The van der Waals surface area contributed by atoms with E-state index in [9.17, 15) is 4.79 Å². The molecule has 0 saturated heterocycles. The van der Waals surface area contributed by atoms with E-state index >= 15 is 0 Å². The molecule has 0 amide bonds. The summed E-state index contributed by atoms with van der Waals surface area (Å²) in [6, 6.07) is 0. The van der Waals surface area contributed by atoms with Crippen molar-refractivity contribution in [3.8, 4) is 0 Å². The van der Waals surface area contributed by atoms with Gasteiger partial charge in [-0.2, -0.15) is 0 Å². The van der Waals surface area contributed by atoms with Gasteiger partial charge in [0.25, 0.3) is 0 Å². The molecule has 1 heterocycles. The van der Waals surface area contributed by atoms with Crippen LogP contribution in [0.1, 0.15) is 12.7 Å². The quantitative estimate of drug-likeness (QED) is 0.655. The largest absolute Gasteiger partial charge is 0.396 e. The number of anilines is 1. The predicted octanol–water partition coefficient (Wildman–Crippen LogP) is 0.190. The van der Waals surface area contributed by atoms with Gasteiger partial charge < -0.3 is 5.73 Å². The summed E-state index contributed by atoms with van der Waals surface area (Å²) in [6.07, 6.45) is 3.26. The lowest BCUT2D eigenvalue weighted by molar-refractivity contribution is -0.116. The second-order valence-electron chi connectivity index (χ2n) is 2.31. The predicted molar refractivity (Wildman–Crippen MR) is 40.8 cm³/mol. The molecule has 1 aromatic rings. The van der Waals surface area contributed by atoms with Gasteiger partial charge in [-0.05, 0) is 6.92 Å². The summed E-state index contributed by atoms with van der Waals surface area (Å²) < 4.78 is 0. The van der Waals surface area contributed by atoms with Crippen LogP contribution in [0.3, 0.4) is 0 Å². The lowest BCUT2D eigenvalue weighted by Gasteiger charge is -1.94. The Morgan fingerprint density at radius 1 is 1.55 bits per heavy atom. The van der Waals surface area contributed by atoms with E-state index in [1.165, 1.54) is 19.3 Å². The Bertz CT molecular complexity index is 255. The average molecular weight is 151 g/mol. The molecule has 2 N–H and O–H groups in total. The molecule has 4 nitrogen and oxygen atoms in total. The zero-order chi connectivity index (χ0) is 8.27. The van der Waals surface area contributed by atoms with E-state index in [4.69, 9.17) is 5.73 Å². The fourth-order valence-corrected chi connectivity index (χ4v) is 0.679. The maximum atomic E-state index is 10.6. The number of carbonyl (C=O) groups excluding carboxylic acids is 1. The van der Waals surface area contributed by atoms with Crippen LogP contribution in [0.4, 0.5) is 5.69 Å². The monoisotopic (exact) mass is 151 g/mol. The molecule has 1 aromatic heterocycles. The first-order valence-electron chi connectivity index (χ1n) is 3.24. The highest BCUT2D eigenvalue weighted by Gasteiger charge is 1.98. The number of rotatable bonds is 2. The third kappa shape index (κ3) is 2.33. The standard InChI is InChI=1S/C7H9N3O/c1-5(11)2-7-9-3-6(8)4-10-7/h3-4H,2,8H2,1H3. The summed E-state index contributed by atoms with van der Waals surface area (Å²) in [5.74, 6) is 0.571. The Morgan fingerprint density at radius 2 is 2.09 bits per heavy atom. The van der Waals surface area contributed by atoms with Crippen molar-refractivity contribution >= 4 is 11.5 Å². The number of nitrogens with zero attached hydrogens (tertiary/aromatic N) is 2. The molecule has 0 radical (unpaired) electrons.